The third-order valence-electron chi connectivity index (χ3n) is 4.51. The number of benzene rings is 2. The fourth-order valence-electron chi connectivity index (χ4n) is 3.01. The number of nitrogens with zero attached hydrogens (tertiary/aromatic N) is 1. The highest BCUT2D eigenvalue weighted by atomic mass is 35.5. The van der Waals surface area contributed by atoms with Gasteiger partial charge in [-0.05, 0) is 41.8 Å². The van der Waals surface area contributed by atoms with Crippen LogP contribution in [0, 0.1) is 0 Å². The van der Waals surface area contributed by atoms with Gasteiger partial charge in [0.05, 0.1) is 13.5 Å². The minimum atomic E-state index is -0.607. The van der Waals surface area contributed by atoms with Gasteiger partial charge in [-0.1, -0.05) is 48.3 Å². The summed E-state index contributed by atoms with van der Waals surface area (Å²) in [4.78, 5) is 27.2. The quantitative estimate of drug-likeness (QED) is 0.696. The number of nitrogens with one attached hydrogen (secondary N) is 1. The van der Waals surface area contributed by atoms with Gasteiger partial charge in [-0.2, -0.15) is 0 Å². The number of carbonyl (C=O) groups is 2. The molecule has 0 fully saturated rings. The normalized spacial score (nSPS) is 11.6. The van der Waals surface area contributed by atoms with Crippen LogP contribution in [0.5, 0.6) is 5.75 Å². The van der Waals surface area contributed by atoms with Crippen LogP contribution in [-0.2, 0) is 22.6 Å². The summed E-state index contributed by atoms with van der Waals surface area (Å²) in [5.41, 5.74) is 1.42. The Bertz CT molecular complexity index is 822. The molecule has 28 heavy (non-hydrogen) atoms. The molecule has 0 spiro atoms. The van der Waals surface area contributed by atoms with E-state index in [1.807, 2.05) is 31.2 Å². The lowest BCUT2D eigenvalue weighted by atomic mass is 10.1. The van der Waals surface area contributed by atoms with Gasteiger partial charge < -0.3 is 15.0 Å². The van der Waals surface area contributed by atoms with Crippen molar-refractivity contribution in [3.8, 4) is 5.75 Å². The summed E-state index contributed by atoms with van der Waals surface area (Å²) < 4.78 is 5.26. The molecule has 5 nitrogen and oxygen atoms in total. The molecule has 0 saturated carbocycles. The van der Waals surface area contributed by atoms with Crippen LogP contribution in [0.25, 0.3) is 0 Å². The van der Waals surface area contributed by atoms with Crippen LogP contribution >= 0.6 is 23.2 Å². The molecule has 2 amide bonds. The second-order valence-electron chi connectivity index (χ2n) is 6.29. The molecule has 0 aromatic heterocycles. The SMILES string of the molecule is CC[C@H](C(=O)NC)N(Cc1cccc(OC)c1)C(=O)Cc1c(Cl)cccc1Cl. The van der Waals surface area contributed by atoms with Crippen molar-refractivity contribution >= 4 is 35.0 Å². The van der Waals surface area contributed by atoms with Crippen molar-refractivity contribution in [2.45, 2.75) is 32.4 Å². The molecule has 2 aromatic carbocycles. The number of hydrogen-bond donors (Lipinski definition) is 1. The van der Waals surface area contributed by atoms with E-state index in [1.54, 1.807) is 37.3 Å². The largest absolute Gasteiger partial charge is 0.497 e. The monoisotopic (exact) mass is 422 g/mol. The zero-order valence-corrected chi connectivity index (χ0v) is 17.7. The smallest absolute Gasteiger partial charge is 0.242 e. The maximum absolute atomic E-state index is 13.2. The molecule has 0 bridgehead atoms. The van der Waals surface area contributed by atoms with Gasteiger partial charge in [0.1, 0.15) is 11.8 Å². The second-order valence-corrected chi connectivity index (χ2v) is 7.10. The number of halogens is 2. The van der Waals surface area contributed by atoms with Crippen molar-refractivity contribution in [1.82, 2.24) is 10.2 Å². The number of ether oxygens (including phenoxy) is 1. The molecule has 0 radical (unpaired) electrons. The maximum Gasteiger partial charge on any atom is 0.242 e. The topological polar surface area (TPSA) is 58.6 Å². The highest BCUT2D eigenvalue weighted by Crippen LogP contribution is 2.26. The average molecular weight is 423 g/mol. The molecular weight excluding hydrogens is 399 g/mol. The van der Waals surface area contributed by atoms with E-state index in [9.17, 15) is 9.59 Å². The molecule has 0 aliphatic rings. The number of rotatable bonds is 8. The van der Waals surface area contributed by atoms with Gasteiger partial charge in [0.15, 0.2) is 0 Å². The minimum Gasteiger partial charge on any atom is -0.497 e. The first-order chi connectivity index (χ1) is 13.4. The van der Waals surface area contributed by atoms with Gasteiger partial charge in [-0.3, -0.25) is 9.59 Å². The zero-order valence-electron chi connectivity index (χ0n) is 16.2. The van der Waals surface area contributed by atoms with E-state index in [1.165, 1.54) is 0 Å². The zero-order chi connectivity index (χ0) is 20.7. The summed E-state index contributed by atoms with van der Waals surface area (Å²) in [7, 11) is 3.14. The molecule has 0 heterocycles. The van der Waals surface area contributed by atoms with Crippen LogP contribution in [0.4, 0.5) is 0 Å². The Hall–Kier alpha value is -2.24. The Balaban J connectivity index is 2.36. The van der Waals surface area contributed by atoms with E-state index >= 15 is 0 Å². The van der Waals surface area contributed by atoms with Crippen molar-refractivity contribution in [3.63, 3.8) is 0 Å². The molecule has 1 N–H and O–H groups in total. The molecule has 2 aromatic rings. The van der Waals surface area contributed by atoms with Gasteiger partial charge in [0, 0.05) is 23.6 Å². The van der Waals surface area contributed by atoms with E-state index in [0.717, 1.165) is 5.56 Å². The van der Waals surface area contributed by atoms with Gasteiger partial charge in [-0.15, -0.1) is 0 Å². The van der Waals surface area contributed by atoms with Gasteiger partial charge in [-0.25, -0.2) is 0 Å². The molecule has 150 valence electrons. The Morgan fingerprint density at radius 3 is 2.36 bits per heavy atom. The fourth-order valence-corrected chi connectivity index (χ4v) is 3.54. The number of amides is 2. The first-order valence-electron chi connectivity index (χ1n) is 8.98. The van der Waals surface area contributed by atoms with E-state index < -0.39 is 6.04 Å². The maximum atomic E-state index is 13.2. The fraction of sp³-hybridized carbons (Fsp3) is 0.333. The number of hydrogen-bond acceptors (Lipinski definition) is 3. The van der Waals surface area contributed by atoms with Crippen molar-refractivity contribution < 1.29 is 14.3 Å². The molecule has 1 atom stereocenters. The first kappa shape index (κ1) is 22.1. The van der Waals surface area contributed by atoms with E-state index in [0.29, 0.717) is 27.8 Å². The third kappa shape index (κ3) is 5.40. The van der Waals surface area contributed by atoms with Crippen molar-refractivity contribution in [2.24, 2.45) is 0 Å². The predicted molar refractivity (Wildman–Crippen MR) is 112 cm³/mol. The van der Waals surface area contributed by atoms with Crippen molar-refractivity contribution in [1.29, 1.82) is 0 Å². The van der Waals surface area contributed by atoms with Crippen LogP contribution in [0.2, 0.25) is 10.0 Å². The molecular formula is C21H24Cl2N2O3. The second kappa shape index (κ2) is 10.3. The standard InChI is InChI=1S/C21H24Cl2N2O3/c1-4-19(21(27)24-2)25(13-14-7-5-8-15(11-14)28-3)20(26)12-16-17(22)9-6-10-18(16)23/h5-11,19H,4,12-13H2,1-3H3,(H,24,27)/t19-/m1/s1. The summed E-state index contributed by atoms with van der Waals surface area (Å²) in [6.07, 6.45) is 0.488. The number of likely N-dealkylation sites (N-methyl/N-ethyl adjacent to an activating group) is 1. The number of methoxy groups -OCH3 is 1. The van der Waals surface area contributed by atoms with Crippen LogP contribution < -0.4 is 10.1 Å². The molecule has 2 rings (SSSR count). The van der Waals surface area contributed by atoms with Crippen LogP contribution in [0.1, 0.15) is 24.5 Å². The van der Waals surface area contributed by atoms with Crippen LogP contribution in [-0.4, -0.2) is 36.9 Å². The third-order valence-corrected chi connectivity index (χ3v) is 5.22. The van der Waals surface area contributed by atoms with E-state index in [2.05, 4.69) is 5.32 Å². The molecule has 7 heteroatoms. The lowest BCUT2D eigenvalue weighted by Crippen LogP contribution is -2.48. The lowest BCUT2D eigenvalue weighted by Gasteiger charge is -2.30. The van der Waals surface area contributed by atoms with Crippen molar-refractivity contribution in [3.05, 3.63) is 63.6 Å². The molecule has 0 aliphatic carbocycles. The summed E-state index contributed by atoms with van der Waals surface area (Å²) in [5, 5.41) is 3.49. The van der Waals surface area contributed by atoms with Crippen molar-refractivity contribution in [2.75, 3.05) is 14.2 Å². The van der Waals surface area contributed by atoms with Gasteiger partial charge >= 0.3 is 0 Å². The Morgan fingerprint density at radius 2 is 1.79 bits per heavy atom. The minimum absolute atomic E-state index is 0.00989. The van der Waals surface area contributed by atoms with Crippen LogP contribution in [0.15, 0.2) is 42.5 Å². The lowest BCUT2D eigenvalue weighted by molar-refractivity contribution is -0.140. The number of carbonyl (C=O) groups excluding carboxylic acids is 2. The molecule has 0 unspecified atom stereocenters. The first-order valence-corrected chi connectivity index (χ1v) is 9.73. The van der Waals surface area contributed by atoms with Gasteiger partial charge in [0.2, 0.25) is 11.8 Å². The Labute approximate surface area is 175 Å². The molecule has 0 aliphatic heterocycles. The Kier molecular flexibility index (Phi) is 8.15. The predicted octanol–water partition coefficient (Wildman–Crippen LogP) is 4.10. The highest BCUT2D eigenvalue weighted by Gasteiger charge is 2.28. The summed E-state index contributed by atoms with van der Waals surface area (Å²) >= 11 is 12.5. The summed E-state index contributed by atoms with van der Waals surface area (Å²) in [6.45, 7) is 2.14. The average Bonchev–Trinajstić information content (AvgIpc) is 2.70. The Morgan fingerprint density at radius 1 is 1.14 bits per heavy atom. The van der Waals surface area contributed by atoms with E-state index in [-0.39, 0.29) is 24.8 Å². The highest BCUT2D eigenvalue weighted by molar-refractivity contribution is 6.36. The molecule has 0 saturated heterocycles. The summed E-state index contributed by atoms with van der Waals surface area (Å²) in [6, 6.07) is 11.9. The van der Waals surface area contributed by atoms with Crippen LogP contribution in [0.3, 0.4) is 0 Å². The van der Waals surface area contributed by atoms with E-state index in [4.69, 9.17) is 27.9 Å². The van der Waals surface area contributed by atoms with Gasteiger partial charge in [0.25, 0.3) is 0 Å². The summed E-state index contributed by atoms with van der Waals surface area (Å²) in [5.74, 6) is 0.240.